The Labute approximate surface area is 148 Å². The fourth-order valence-corrected chi connectivity index (χ4v) is 2.40. The molecule has 0 amide bonds. The van der Waals surface area contributed by atoms with Crippen LogP contribution in [0.1, 0.15) is 16.2 Å². The number of halogens is 1. The highest BCUT2D eigenvalue weighted by molar-refractivity contribution is 6.06. The number of aromatic nitrogens is 2. The van der Waals surface area contributed by atoms with Crippen molar-refractivity contribution < 1.29 is 27.9 Å². The lowest BCUT2D eigenvalue weighted by molar-refractivity contribution is 0.0993. The SMILES string of the molecule is COc1cc(C(=O)c2nc(-c3ccccc3F)no2)cc(OC)c1OC. The van der Waals surface area contributed by atoms with E-state index in [4.69, 9.17) is 18.7 Å². The molecular weight excluding hydrogens is 343 g/mol. The van der Waals surface area contributed by atoms with Crippen LogP contribution in [0.5, 0.6) is 17.2 Å². The van der Waals surface area contributed by atoms with Crippen LogP contribution < -0.4 is 14.2 Å². The highest BCUT2D eigenvalue weighted by Crippen LogP contribution is 2.38. The van der Waals surface area contributed by atoms with Crippen LogP contribution in [0.3, 0.4) is 0 Å². The summed E-state index contributed by atoms with van der Waals surface area (Å²) in [5.74, 6) is -0.395. The molecule has 1 aromatic heterocycles. The smallest absolute Gasteiger partial charge is 0.299 e. The lowest BCUT2D eigenvalue weighted by Crippen LogP contribution is -2.04. The Morgan fingerprint density at radius 3 is 2.27 bits per heavy atom. The van der Waals surface area contributed by atoms with Gasteiger partial charge in [-0.2, -0.15) is 4.98 Å². The summed E-state index contributed by atoms with van der Waals surface area (Å²) in [5, 5.41) is 3.68. The van der Waals surface area contributed by atoms with Crippen LogP contribution in [0.25, 0.3) is 11.4 Å². The molecule has 0 fully saturated rings. The molecule has 1 heterocycles. The van der Waals surface area contributed by atoms with E-state index >= 15 is 0 Å². The van der Waals surface area contributed by atoms with E-state index in [9.17, 15) is 9.18 Å². The Morgan fingerprint density at radius 2 is 1.69 bits per heavy atom. The largest absolute Gasteiger partial charge is 0.493 e. The Bertz CT molecular complexity index is 929. The van der Waals surface area contributed by atoms with E-state index in [0.29, 0.717) is 17.2 Å². The lowest BCUT2D eigenvalue weighted by atomic mass is 10.1. The van der Waals surface area contributed by atoms with E-state index < -0.39 is 11.6 Å². The molecule has 0 atom stereocenters. The molecule has 0 spiro atoms. The van der Waals surface area contributed by atoms with Gasteiger partial charge in [0.1, 0.15) is 5.82 Å². The van der Waals surface area contributed by atoms with Gasteiger partial charge in [-0.05, 0) is 24.3 Å². The van der Waals surface area contributed by atoms with E-state index in [1.54, 1.807) is 12.1 Å². The van der Waals surface area contributed by atoms with Crippen LogP contribution in [0.4, 0.5) is 4.39 Å². The molecule has 2 aromatic carbocycles. The van der Waals surface area contributed by atoms with Gasteiger partial charge in [0.15, 0.2) is 11.5 Å². The van der Waals surface area contributed by atoms with Gasteiger partial charge < -0.3 is 18.7 Å². The van der Waals surface area contributed by atoms with Gasteiger partial charge in [0.25, 0.3) is 11.7 Å². The quantitative estimate of drug-likeness (QED) is 0.626. The topological polar surface area (TPSA) is 83.7 Å². The number of nitrogens with zero attached hydrogens (tertiary/aromatic N) is 2. The highest BCUT2D eigenvalue weighted by Gasteiger charge is 2.23. The molecule has 0 unspecified atom stereocenters. The highest BCUT2D eigenvalue weighted by atomic mass is 19.1. The summed E-state index contributed by atoms with van der Waals surface area (Å²) in [6, 6.07) is 8.88. The van der Waals surface area contributed by atoms with Gasteiger partial charge in [-0.3, -0.25) is 4.79 Å². The van der Waals surface area contributed by atoms with Crippen molar-refractivity contribution in [1.82, 2.24) is 10.1 Å². The first-order chi connectivity index (χ1) is 12.6. The van der Waals surface area contributed by atoms with Crippen molar-refractivity contribution in [3.8, 4) is 28.6 Å². The Balaban J connectivity index is 1.99. The standard InChI is InChI=1S/C18H15FN2O5/c1-23-13-8-10(9-14(24-2)16(13)25-3)15(22)18-20-17(21-26-18)11-6-4-5-7-12(11)19/h4-9H,1-3H3. The summed E-state index contributed by atoms with van der Waals surface area (Å²) in [6.07, 6.45) is 0. The molecule has 0 aliphatic rings. The zero-order valence-electron chi connectivity index (χ0n) is 14.3. The summed E-state index contributed by atoms with van der Waals surface area (Å²) < 4.78 is 34.5. The third-order valence-electron chi connectivity index (χ3n) is 3.66. The molecule has 3 aromatic rings. The predicted molar refractivity (Wildman–Crippen MR) is 89.2 cm³/mol. The fraction of sp³-hybridized carbons (Fsp3) is 0.167. The van der Waals surface area contributed by atoms with E-state index in [1.165, 1.54) is 45.6 Å². The van der Waals surface area contributed by atoms with Gasteiger partial charge in [-0.15, -0.1) is 0 Å². The molecule has 0 aliphatic carbocycles. The maximum Gasteiger partial charge on any atom is 0.299 e. The number of carbonyl (C=O) groups excluding carboxylic acids is 1. The van der Waals surface area contributed by atoms with Gasteiger partial charge in [0.2, 0.25) is 11.6 Å². The molecule has 134 valence electrons. The number of hydrogen-bond donors (Lipinski definition) is 0. The average molecular weight is 358 g/mol. The molecule has 3 rings (SSSR count). The van der Waals surface area contributed by atoms with Crippen molar-refractivity contribution >= 4 is 5.78 Å². The number of carbonyl (C=O) groups is 1. The number of ketones is 1. The average Bonchev–Trinajstić information content (AvgIpc) is 3.16. The van der Waals surface area contributed by atoms with E-state index in [-0.39, 0.29) is 22.8 Å². The molecule has 0 radical (unpaired) electrons. The van der Waals surface area contributed by atoms with Crippen LogP contribution in [0.15, 0.2) is 40.9 Å². The normalized spacial score (nSPS) is 10.5. The lowest BCUT2D eigenvalue weighted by Gasteiger charge is -2.12. The number of hydrogen-bond acceptors (Lipinski definition) is 7. The van der Waals surface area contributed by atoms with Crippen LogP contribution in [-0.2, 0) is 0 Å². The third-order valence-corrected chi connectivity index (χ3v) is 3.66. The van der Waals surface area contributed by atoms with Crippen LogP contribution in [0.2, 0.25) is 0 Å². The number of methoxy groups -OCH3 is 3. The summed E-state index contributed by atoms with van der Waals surface area (Å²) in [4.78, 5) is 16.7. The molecule has 0 bridgehead atoms. The van der Waals surface area contributed by atoms with Crippen molar-refractivity contribution in [1.29, 1.82) is 0 Å². The number of benzene rings is 2. The Kier molecular flexibility index (Phi) is 4.83. The Hall–Kier alpha value is -3.42. The van der Waals surface area contributed by atoms with Crippen LogP contribution in [-0.4, -0.2) is 37.3 Å². The van der Waals surface area contributed by atoms with E-state index in [0.717, 1.165) is 0 Å². The van der Waals surface area contributed by atoms with Crippen LogP contribution in [0, 0.1) is 5.82 Å². The van der Waals surface area contributed by atoms with Gasteiger partial charge in [0, 0.05) is 5.56 Å². The molecule has 0 saturated heterocycles. The number of rotatable bonds is 6. The molecular formula is C18H15FN2O5. The zero-order valence-corrected chi connectivity index (χ0v) is 14.3. The van der Waals surface area contributed by atoms with Gasteiger partial charge >= 0.3 is 0 Å². The maximum absolute atomic E-state index is 13.8. The monoisotopic (exact) mass is 358 g/mol. The minimum absolute atomic E-state index is 0.0149. The molecule has 7 nitrogen and oxygen atoms in total. The van der Waals surface area contributed by atoms with Crippen molar-refractivity contribution in [2.45, 2.75) is 0 Å². The second-order valence-corrected chi connectivity index (χ2v) is 5.15. The molecule has 0 N–H and O–H groups in total. The first kappa shape index (κ1) is 17.4. The Morgan fingerprint density at radius 1 is 1.04 bits per heavy atom. The molecule has 26 heavy (non-hydrogen) atoms. The summed E-state index contributed by atoms with van der Waals surface area (Å²) >= 11 is 0. The summed E-state index contributed by atoms with van der Waals surface area (Å²) in [7, 11) is 4.34. The van der Waals surface area contributed by atoms with E-state index in [1.807, 2.05) is 0 Å². The zero-order chi connectivity index (χ0) is 18.7. The second kappa shape index (κ2) is 7.22. The minimum atomic E-state index is -0.556. The number of ether oxygens (including phenoxy) is 3. The van der Waals surface area contributed by atoms with Crippen LogP contribution >= 0.6 is 0 Å². The summed E-state index contributed by atoms with van der Waals surface area (Å²) in [5.41, 5.74) is 0.337. The van der Waals surface area contributed by atoms with Crippen molar-refractivity contribution in [2.24, 2.45) is 0 Å². The maximum atomic E-state index is 13.8. The van der Waals surface area contributed by atoms with Gasteiger partial charge in [-0.1, -0.05) is 17.3 Å². The summed E-state index contributed by atoms with van der Waals surface area (Å²) in [6.45, 7) is 0. The third kappa shape index (κ3) is 3.08. The minimum Gasteiger partial charge on any atom is -0.493 e. The first-order valence-corrected chi connectivity index (χ1v) is 7.52. The molecule has 0 aliphatic heterocycles. The second-order valence-electron chi connectivity index (χ2n) is 5.15. The first-order valence-electron chi connectivity index (χ1n) is 7.52. The van der Waals surface area contributed by atoms with Crippen molar-refractivity contribution in [2.75, 3.05) is 21.3 Å². The van der Waals surface area contributed by atoms with E-state index in [2.05, 4.69) is 10.1 Å². The predicted octanol–water partition coefficient (Wildman–Crippen LogP) is 3.13. The van der Waals surface area contributed by atoms with Crippen molar-refractivity contribution in [3.63, 3.8) is 0 Å². The van der Waals surface area contributed by atoms with Gasteiger partial charge in [-0.25, -0.2) is 4.39 Å². The van der Waals surface area contributed by atoms with Crippen molar-refractivity contribution in [3.05, 3.63) is 53.7 Å². The van der Waals surface area contributed by atoms with Gasteiger partial charge in [0.05, 0.1) is 26.9 Å². The fourth-order valence-electron chi connectivity index (χ4n) is 2.40. The molecule has 8 heteroatoms. The molecule has 0 saturated carbocycles.